The maximum Gasteiger partial charge on any atom is 0.107 e. The number of nitriles is 1. The summed E-state index contributed by atoms with van der Waals surface area (Å²) in [6.45, 7) is 8.89. The summed E-state index contributed by atoms with van der Waals surface area (Å²) in [7, 11) is 0. The molecule has 0 saturated carbocycles. The van der Waals surface area contributed by atoms with Gasteiger partial charge in [-0.1, -0.05) is 6.92 Å². The molecule has 1 aliphatic heterocycles. The Labute approximate surface area is 86.6 Å². The van der Waals surface area contributed by atoms with E-state index in [1.807, 2.05) is 6.92 Å². The SMILES string of the molecule is CCOC(C)N1CCC(C)C(C#N)C1. The van der Waals surface area contributed by atoms with Crippen LogP contribution in [0.3, 0.4) is 0 Å². The Balaban J connectivity index is 2.46. The lowest BCUT2D eigenvalue weighted by Gasteiger charge is -2.37. The molecule has 1 heterocycles. The number of hydrogen-bond donors (Lipinski definition) is 0. The van der Waals surface area contributed by atoms with Crippen LogP contribution in [0.5, 0.6) is 0 Å². The molecule has 0 amide bonds. The van der Waals surface area contributed by atoms with Gasteiger partial charge in [0.1, 0.15) is 6.23 Å². The number of likely N-dealkylation sites (tertiary alicyclic amines) is 1. The zero-order valence-corrected chi connectivity index (χ0v) is 9.36. The number of nitrogens with zero attached hydrogens (tertiary/aromatic N) is 2. The molecule has 80 valence electrons. The summed E-state index contributed by atoms with van der Waals surface area (Å²) in [5.74, 6) is 0.705. The number of ether oxygens (including phenoxy) is 1. The third kappa shape index (κ3) is 2.70. The van der Waals surface area contributed by atoms with Crippen LogP contribution in [0.25, 0.3) is 0 Å². The molecular weight excluding hydrogens is 176 g/mol. The fraction of sp³-hybridized carbons (Fsp3) is 0.909. The highest BCUT2D eigenvalue weighted by molar-refractivity contribution is 4.92. The van der Waals surface area contributed by atoms with Crippen molar-refractivity contribution in [1.82, 2.24) is 4.90 Å². The molecule has 3 heteroatoms. The Hall–Kier alpha value is -0.590. The van der Waals surface area contributed by atoms with Gasteiger partial charge in [-0.25, -0.2) is 0 Å². The molecule has 0 radical (unpaired) electrons. The summed E-state index contributed by atoms with van der Waals surface area (Å²) < 4.78 is 5.53. The molecule has 0 aliphatic carbocycles. The van der Waals surface area contributed by atoms with E-state index < -0.39 is 0 Å². The minimum atomic E-state index is 0.156. The topological polar surface area (TPSA) is 36.3 Å². The van der Waals surface area contributed by atoms with Crippen LogP contribution in [0.4, 0.5) is 0 Å². The van der Waals surface area contributed by atoms with Crippen molar-refractivity contribution in [3.8, 4) is 6.07 Å². The highest BCUT2D eigenvalue weighted by Crippen LogP contribution is 2.23. The van der Waals surface area contributed by atoms with E-state index in [-0.39, 0.29) is 12.1 Å². The highest BCUT2D eigenvalue weighted by Gasteiger charge is 2.28. The van der Waals surface area contributed by atoms with Crippen LogP contribution in [0.15, 0.2) is 0 Å². The smallest absolute Gasteiger partial charge is 0.107 e. The summed E-state index contributed by atoms with van der Waals surface area (Å²) in [4.78, 5) is 2.26. The molecule has 1 rings (SSSR count). The van der Waals surface area contributed by atoms with Crippen molar-refractivity contribution in [3.05, 3.63) is 0 Å². The van der Waals surface area contributed by atoms with E-state index in [1.165, 1.54) is 0 Å². The summed E-state index contributed by atoms with van der Waals surface area (Å²) in [6, 6.07) is 2.38. The summed E-state index contributed by atoms with van der Waals surface area (Å²) in [5.41, 5.74) is 0. The van der Waals surface area contributed by atoms with E-state index in [0.29, 0.717) is 5.92 Å². The van der Waals surface area contributed by atoms with Crippen LogP contribution >= 0.6 is 0 Å². The van der Waals surface area contributed by atoms with Crippen LogP contribution in [0.1, 0.15) is 27.2 Å². The molecule has 3 nitrogen and oxygen atoms in total. The molecule has 3 unspecified atom stereocenters. The lowest BCUT2D eigenvalue weighted by molar-refractivity contribution is -0.0615. The van der Waals surface area contributed by atoms with Crippen LogP contribution in [0, 0.1) is 23.2 Å². The second-order valence-electron chi connectivity index (χ2n) is 4.05. The summed E-state index contributed by atoms with van der Waals surface area (Å²) in [5, 5.41) is 8.97. The van der Waals surface area contributed by atoms with E-state index in [4.69, 9.17) is 10.00 Å². The van der Waals surface area contributed by atoms with E-state index in [1.54, 1.807) is 0 Å². The third-order valence-corrected chi connectivity index (χ3v) is 3.08. The van der Waals surface area contributed by atoms with Crippen molar-refractivity contribution in [2.45, 2.75) is 33.4 Å². The minimum Gasteiger partial charge on any atom is -0.364 e. The second kappa shape index (κ2) is 5.33. The van der Waals surface area contributed by atoms with Gasteiger partial charge in [-0.3, -0.25) is 4.90 Å². The molecule has 3 atom stereocenters. The first-order valence-electron chi connectivity index (χ1n) is 5.44. The highest BCUT2D eigenvalue weighted by atomic mass is 16.5. The molecule has 0 aromatic rings. The van der Waals surface area contributed by atoms with E-state index in [2.05, 4.69) is 24.8 Å². The van der Waals surface area contributed by atoms with Gasteiger partial charge < -0.3 is 4.74 Å². The number of hydrogen-bond acceptors (Lipinski definition) is 3. The largest absolute Gasteiger partial charge is 0.364 e. The Morgan fingerprint density at radius 3 is 2.93 bits per heavy atom. The fourth-order valence-electron chi connectivity index (χ4n) is 1.94. The zero-order chi connectivity index (χ0) is 10.6. The van der Waals surface area contributed by atoms with Gasteiger partial charge in [-0.05, 0) is 26.2 Å². The van der Waals surface area contributed by atoms with Gasteiger partial charge in [0.25, 0.3) is 0 Å². The normalized spacial score (nSPS) is 31.0. The molecule has 0 bridgehead atoms. The Bertz CT molecular complexity index is 212. The first-order valence-corrected chi connectivity index (χ1v) is 5.44. The Morgan fingerprint density at radius 2 is 2.36 bits per heavy atom. The lowest BCUT2D eigenvalue weighted by Crippen LogP contribution is -2.44. The summed E-state index contributed by atoms with van der Waals surface area (Å²) >= 11 is 0. The molecule has 0 N–H and O–H groups in total. The molecule has 1 saturated heterocycles. The van der Waals surface area contributed by atoms with Crippen LogP contribution in [0.2, 0.25) is 0 Å². The first kappa shape index (κ1) is 11.5. The van der Waals surface area contributed by atoms with Crippen LogP contribution in [-0.4, -0.2) is 30.8 Å². The van der Waals surface area contributed by atoms with Crippen molar-refractivity contribution in [1.29, 1.82) is 5.26 Å². The predicted molar refractivity (Wildman–Crippen MR) is 55.5 cm³/mol. The fourth-order valence-corrected chi connectivity index (χ4v) is 1.94. The van der Waals surface area contributed by atoms with Crippen LogP contribution < -0.4 is 0 Å². The molecule has 0 spiro atoms. The minimum absolute atomic E-state index is 0.156. The van der Waals surface area contributed by atoms with Gasteiger partial charge in [0, 0.05) is 19.7 Å². The van der Waals surface area contributed by atoms with Gasteiger partial charge in [0.2, 0.25) is 0 Å². The van der Waals surface area contributed by atoms with E-state index in [0.717, 1.165) is 26.1 Å². The second-order valence-corrected chi connectivity index (χ2v) is 4.05. The predicted octanol–water partition coefficient (Wildman–Crippen LogP) is 1.85. The van der Waals surface area contributed by atoms with Gasteiger partial charge in [0.05, 0.1) is 12.0 Å². The Kier molecular flexibility index (Phi) is 4.37. The van der Waals surface area contributed by atoms with Gasteiger partial charge >= 0.3 is 0 Å². The first-order chi connectivity index (χ1) is 6.69. The van der Waals surface area contributed by atoms with Gasteiger partial charge in [0.15, 0.2) is 0 Å². The molecular formula is C11H20N2O. The standard InChI is InChI=1S/C11H20N2O/c1-4-14-10(3)13-6-5-9(2)11(7-12)8-13/h9-11H,4-6,8H2,1-3H3. The van der Waals surface area contributed by atoms with Gasteiger partial charge in [-0.15, -0.1) is 0 Å². The molecule has 14 heavy (non-hydrogen) atoms. The monoisotopic (exact) mass is 196 g/mol. The van der Waals surface area contributed by atoms with Crippen molar-refractivity contribution in [3.63, 3.8) is 0 Å². The third-order valence-electron chi connectivity index (χ3n) is 3.08. The van der Waals surface area contributed by atoms with Gasteiger partial charge in [-0.2, -0.15) is 5.26 Å². The molecule has 0 aromatic carbocycles. The van der Waals surface area contributed by atoms with E-state index >= 15 is 0 Å². The maximum absolute atomic E-state index is 8.97. The van der Waals surface area contributed by atoms with Crippen molar-refractivity contribution in [2.24, 2.45) is 11.8 Å². The molecule has 1 aliphatic rings. The van der Waals surface area contributed by atoms with Crippen molar-refractivity contribution in [2.75, 3.05) is 19.7 Å². The average Bonchev–Trinajstić information content (AvgIpc) is 2.19. The molecule has 0 aromatic heterocycles. The quantitative estimate of drug-likeness (QED) is 0.691. The maximum atomic E-state index is 8.97. The van der Waals surface area contributed by atoms with E-state index in [9.17, 15) is 0 Å². The number of piperidine rings is 1. The van der Waals surface area contributed by atoms with Crippen molar-refractivity contribution < 1.29 is 4.74 Å². The Morgan fingerprint density at radius 1 is 1.64 bits per heavy atom. The zero-order valence-electron chi connectivity index (χ0n) is 9.36. The number of rotatable bonds is 3. The molecule has 1 fully saturated rings. The lowest BCUT2D eigenvalue weighted by atomic mass is 9.88. The summed E-state index contributed by atoms with van der Waals surface area (Å²) in [6.07, 6.45) is 1.26. The average molecular weight is 196 g/mol. The van der Waals surface area contributed by atoms with Crippen molar-refractivity contribution >= 4 is 0 Å². The van der Waals surface area contributed by atoms with Crippen LogP contribution in [-0.2, 0) is 4.74 Å².